The van der Waals surface area contributed by atoms with Gasteiger partial charge in [-0.05, 0) is 32.0 Å². The van der Waals surface area contributed by atoms with Crippen molar-refractivity contribution in [2.45, 2.75) is 39.4 Å². The Labute approximate surface area is 109 Å². The Morgan fingerprint density at radius 2 is 2.22 bits per heavy atom. The number of nitrogens with zero attached hydrogens (tertiary/aromatic N) is 3. The van der Waals surface area contributed by atoms with Crippen molar-refractivity contribution in [1.29, 1.82) is 0 Å². The van der Waals surface area contributed by atoms with Crippen LogP contribution in [0.2, 0.25) is 0 Å². The minimum absolute atomic E-state index is 0.415. The predicted octanol–water partition coefficient (Wildman–Crippen LogP) is 2.45. The van der Waals surface area contributed by atoms with E-state index in [4.69, 9.17) is 0 Å². The third kappa shape index (κ3) is 3.23. The molecule has 0 aliphatic heterocycles. The molecule has 0 bridgehead atoms. The van der Waals surface area contributed by atoms with Crippen molar-refractivity contribution in [2.75, 3.05) is 6.54 Å². The van der Waals surface area contributed by atoms with Crippen LogP contribution in [0.15, 0.2) is 37.1 Å². The molecule has 0 aromatic carbocycles. The smallest absolute Gasteiger partial charge is 0.0945 e. The summed E-state index contributed by atoms with van der Waals surface area (Å²) < 4.78 is 4.46. The zero-order valence-electron chi connectivity index (χ0n) is 11.2. The summed E-state index contributed by atoms with van der Waals surface area (Å²) in [4.78, 5) is 4.05. The van der Waals surface area contributed by atoms with E-state index in [1.807, 2.05) is 18.7 Å². The van der Waals surface area contributed by atoms with Crippen molar-refractivity contribution in [3.8, 4) is 0 Å². The van der Waals surface area contributed by atoms with Gasteiger partial charge < -0.3 is 14.5 Å². The second-order valence-electron chi connectivity index (χ2n) is 4.56. The molecule has 0 radical (unpaired) electrons. The highest BCUT2D eigenvalue weighted by Gasteiger charge is 2.08. The van der Waals surface area contributed by atoms with Crippen LogP contribution >= 0.6 is 0 Å². The lowest BCUT2D eigenvalue weighted by Gasteiger charge is -2.16. The van der Waals surface area contributed by atoms with Crippen LogP contribution in [0.5, 0.6) is 0 Å². The van der Waals surface area contributed by atoms with Gasteiger partial charge in [0.1, 0.15) is 0 Å². The maximum absolute atomic E-state index is 4.05. The van der Waals surface area contributed by atoms with Crippen LogP contribution in [0.4, 0.5) is 0 Å². The Balaban J connectivity index is 1.87. The van der Waals surface area contributed by atoms with Gasteiger partial charge in [0, 0.05) is 43.4 Å². The van der Waals surface area contributed by atoms with Gasteiger partial charge in [-0.1, -0.05) is 6.92 Å². The molecule has 0 amide bonds. The second-order valence-corrected chi connectivity index (χ2v) is 4.56. The Hall–Kier alpha value is -1.55. The SMILES string of the molecule is CCNC(C)c1cccn1CCCn1ccnc1. The van der Waals surface area contributed by atoms with Crippen molar-refractivity contribution in [3.63, 3.8) is 0 Å². The monoisotopic (exact) mass is 246 g/mol. The summed E-state index contributed by atoms with van der Waals surface area (Å²) in [6, 6.07) is 4.74. The summed E-state index contributed by atoms with van der Waals surface area (Å²) in [6.45, 7) is 7.43. The van der Waals surface area contributed by atoms with Crippen LogP contribution in [-0.2, 0) is 13.1 Å². The lowest BCUT2D eigenvalue weighted by Crippen LogP contribution is -2.20. The Morgan fingerprint density at radius 1 is 1.33 bits per heavy atom. The van der Waals surface area contributed by atoms with E-state index >= 15 is 0 Å². The fourth-order valence-electron chi connectivity index (χ4n) is 2.28. The van der Waals surface area contributed by atoms with Gasteiger partial charge in [-0.3, -0.25) is 0 Å². The predicted molar refractivity (Wildman–Crippen MR) is 73.4 cm³/mol. The number of aromatic nitrogens is 3. The summed E-state index contributed by atoms with van der Waals surface area (Å²) in [5.41, 5.74) is 1.36. The lowest BCUT2D eigenvalue weighted by atomic mass is 10.2. The molecular formula is C14H22N4. The van der Waals surface area contributed by atoms with Gasteiger partial charge in [0.2, 0.25) is 0 Å². The first-order valence-electron chi connectivity index (χ1n) is 6.65. The van der Waals surface area contributed by atoms with E-state index in [1.54, 1.807) is 0 Å². The van der Waals surface area contributed by atoms with Gasteiger partial charge in [-0.25, -0.2) is 4.98 Å². The minimum atomic E-state index is 0.415. The quantitative estimate of drug-likeness (QED) is 0.814. The molecule has 0 saturated carbocycles. The number of nitrogens with one attached hydrogen (secondary N) is 1. The van der Waals surface area contributed by atoms with Crippen LogP contribution in [0, 0.1) is 0 Å². The third-order valence-electron chi connectivity index (χ3n) is 3.19. The summed E-state index contributed by atoms with van der Waals surface area (Å²) in [5.74, 6) is 0. The standard InChI is InChI=1S/C14H22N4/c1-3-16-13(2)14-6-4-9-18(14)10-5-8-17-11-7-15-12-17/h4,6-7,9,11-13,16H,3,5,8,10H2,1-2H3. The molecule has 2 heterocycles. The van der Waals surface area contributed by atoms with Crippen LogP contribution in [-0.4, -0.2) is 20.7 Å². The molecule has 2 rings (SSSR count). The number of imidazole rings is 1. The largest absolute Gasteiger partial charge is 0.350 e. The maximum atomic E-state index is 4.05. The van der Waals surface area contributed by atoms with Crippen molar-refractivity contribution < 1.29 is 0 Å². The molecule has 0 aliphatic rings. The normalized spacial score (nSPS) is 12.8. The third-order valence-corrected chi connectivity index (χ3v) is 3.19. The average Bonchev–Trinajstić information content (AvgIpc) is 3.00. The van der Waals surface area contributed by atoms with Crippen LogP contribution < -0.4 is 5.32 Å². The van der Waals surface area contributed by atoms with Gasteiger partial charge in [-0.15, -0.1) is 0 Å². The van der Waals surface area contributed by atoms with Crippen molar-refractivity contribution >= 4 is 0 Å². The molecular weight excluding hydrogens is 224 g/mol. The molecule has 2 aromatic heterocycles. The molecule has 98 valence electrons. The first kappa shape index (κ1) is 12.9. The first-order chi connectivity index (χ1) is 8.81. The van der Waals surface area contributed by atoms with Crippen LogP contribution in [0.25, 0.3) is 0 Å². The fourth-order valence-corrected chi connectivity index (χ4v) is 2.28. The molecule has 18 heavy (non-hydrogen) atoms. The van der Waals surface area contributed by atoms with Gasteiger partial charge in [-0.2, -0.15) is 0 Å². The molecule has 4 heteroatoms. The van der Waals surface area contributed by atoms with Crippen molar-refractivity contribution in [3.05, 3.63) is 42.7 Å². The molecule has 2 aromatic rings. The summed E-state index contributed by atoms with van der Waals surface area (Å²) in [6.07, 6.45) is 9.00. The summed E-state index contributed by atoms with van der Waals surface area (Å²) in [7, 11) is 0. The highest BCUT2D eigenvalue weighted by Crippen LogP contribution is 2.13. The highest BCUT2D eigenvalue weighted by molar-refractivity contribution is 5.11. The molecule has 0 aliphatic carbocycles. The zero-order valence-corrected chi connectivity index (χ0v) is 11.2. The van der Waals surface area contributed by atoms with Crippen molar-refractivity contribution in [1.82, 2.24) is 19.4 Å². The van der Waals surface area contributed by atoms with Crippen molar-refractivity contribution in [2.24, 2.45) is 0 Å². The number of hydrogen-bond acceptors (Lipinski definition) is 2. The van der Waals surface area contributed by atoms with E-state index < -0.39 is 0 Å². The van der Waals surface area contributed by atoms with E-state index in [1.165, 1.54) is 5.69 Å². The molecule has 1 N–H and O–H groups in total. The molecule has 1 atom stereocenters. The number of hydrogen-bond donors (Lipinski definition) is 1. The topological polar surface area (TPSA) is 34.8 Å². The molecule has 0 saturated heterocycles. The summed E-state index contributed by atoms with van der Waals surface area (Å²) in [5, 5.41) is 3.46. The minimum Gasteiger partial charge on any atom is -0.350 e. The van der Waals surface area contributed by atoms with E-state index in [0.717, 1.165) is 26.1 Å². The Morgan fingerprint density at radius 3 is 2.94 bits per heavy atom. The fraction of sp³-hybridized carbons (Fsp3) is 0.500. The highest BCUT2D eigenvalue weighted by atomic mass is 15.0. The van der Waals surface area contributed by atoms with Gasteiger partial charge >= 0.3 is 0 Å². The number of aryl methyl sites for hydroxylation is 2. The average molecular weight is 246 g/mol. The maximum Gasteiger partial charge on any atom is 0.0945 e. The molecule has 4 nitrogen and oxygen atoms in total. The van der Waals surface area contributed by atoms with E-state index in [0.29, 0.717) is 6.04 Å². The van der Waals surface area contributed by atoms with Gasteiger partial charge in [0.15, 0.2) is 0 Å². The summed E-state index contributed by atoms with van der Waals surface area (Å²) >= 11 is 0. The first-order valence-corrected chi connectivity index (χ1v) is 6.65. The molecule has 1 unspecified atom stereocenters. The lowest BCUT2D eigenvalue weighted by molar-refractivity contribution is 0.508. The number of rotatable bonds is 7. The van der Waals surface area contributed by atoms with E-state index in [9.17, 15) is 0 Å². The Bertz CT molecular complexity index is 444. The molecule has 0 spiro atoms. The second kappa shape index (κ2) is 6.40. The van der Waals surface area contributed by atoms with Crippen LogP contribution in [0.1, 0.15) is 32.0 Å². The van der Waals surface area contributed by atoms with Crippen LogP contribution in [0.3, 0.4) is 0 Å². The van der Waals surface area contributed by atoms with Gasteiger partial charge in [0.05, 0.1) is 6.33 Å². The van der Waals surface area contributed by atoms with E-state index in [2.05, 4.69) is 51.6 Å². The van der Waals surface area contributed by atoms with Gasteiger partial charge in [0.25, 0.3) is 0 Å². The Kier molecular flexibility index (Phi) is 4.59. The van der Waals surface area contributed by atoms with E-state index in [-0.39, 0.29) is 0 Å². The molecule has 0 fully saturated rings. The zero-order chi connectivity index (χ0) is 12.8.